The lowest BCUT2D eigenvalue weighted by Gasteiger charge is -2.18. The van der Waals surface area contributed by atoms with E-state index >= 15 is 0 Å². The second-order valence-electron chi connectivity index (χ2n) is 5.82. The molecule has 2 N–H and O–H groups in total. The first-order valence-electron chi connectivity index (χ1n) is 8.34. The van der Waals surface area contributed by atoms with Crippen molar-refractivity contribution in [3.63, 3.8) is 0 Å². The molecule has 1 amide bonds. The third kappa shape index (κ3) is 3.90. The Morgan fingerprint density at radius 2 is 1.81 bits per heavy atom. The van der Waals surface area contributed by atoms with Gasteiger partial charge in [0.2, 0.25) is 5.88 Å². The van der Waals surface area contributed by atoms with E-state index in [1.54, 1.807) is 20.8 Å². The van der Waals surface area contributed by atoms with Gasteiger partial charge in [-0.05, 0) is 38.6 Å². The summed E-state index contributed by atoms with van der Waals surface area (Å²) >= 11 is 5.19. The van der Waals surface area contributed by atoms with Crippen LogP contribution in [0, 0.1) is 14.9 Å². The molecule has 10 heteroatoms. The van der Waals surface area contributed by atoms with Crippen molar-refractivity contribution >= 4 is 23.8 Å². The van der Waals surface area contributed by atoms with Crippen molar-refractivity contribution in [1.29, 1.82) is 0 Å². The fourth-order valence-electron chi connectivity index (χ4n) is 2.69. The SMILES string of the molecule is CCn1c(O)c(C(=O)N[C@@H](C)c2ccc([N+](=O)[O-])cc2)c(=O)n(CC)c1=S. The summed E-state index contributed by atoms with van der Waals surface area (Å²) in [5, 5.41) is 23.7. The average molecular weight is 392 g/mol. The molecule has 2 aromatic rings. The summed E-state index contributed by atoms with van der Waals surface area (Å²) in [4.78, 5) is 35.4. The summed E-state index contributed by atoms with van der Waals surface area (Å²) in [7, 11) is 0. The number of nitro groups is 1. The van der Waals surface area contributed by atoms with E-state index in [-0.39, 0.29) is 22.6 Å². The highest BCUT2D eigenvalue weighted by Crippen LogP contribution is 2.19. The van der Waals surface area contributed by atoms with Crippen LogP contribution in [0.5, 0.6) is 5.88 Å². The Morgan fingerprint density at radius 3 is 2.30 bits per heavy atom. The number of amides is 1. The molecule has 1 aromatic heterocycles. The van der Waals surface area contributed by atoms with Gasteiger partial charge in [-0.3, -0.25) is 28.8 Å². The minimum absolute atomic E-state index is 0.0641. The Labute approximate surface area is 160 Å². The molecule has 27 heavy (non-hydrogen) atoms. The fraction of sp³-hybridized carbons (Fsp3) is 0.353. The van der Waals surface area contributed by atoms with E-state index in [1.165, 1.54) is 33.4 Å². The van der Waals surface area contributed by atoms with Crippen LogP contribution in [0.25, 0.3) is 0 Å². The Morgan fingerprint density at radius 1 is 1.26 bits per heavy atom. The van der Waals surface area contributed by atoms with Crippen LogP contribution >= 0.6 is 12.2 Å². The van der Waals surface area contributed by atoms with Gasteiger partial charge in [0.1, 0.15) is 0 Å². The third-order valence-corrected chi connectivity index (χ3v) is 4.65. The lowest BCUT2D eigenvalue weighted by atomic mass is 10.1. The van der Waals surface area contributed by atoms with E-state index in [0.29, 0.717) is 12.1 Å². The number of carbonyl (C=O) groups is 1. The lowest BCUT2D eigenvalue weighted by molar-refractivity contribution is -0.384. The van der Waals surface area contributed by atoms with E-state index in [2.05, 4.69) is 5.32 Å². The molecule has 1 heterocycles. The number of hydrogen-bond donors (Lipinski definition) is 2. The number of carbonyl (C=O) groups excluding carboxylic acids is 1. The Hall–Kier alpha value is -3.01. The smallest absolute Gasteiger partial charge is 0.271 e. The van der Waals surface area contributed by atoms with Crippen molar-refractivity contribution in [3.8, 4) is 5.88 Å². The van der Waals surface area contributed by atoms with E-state index in [1.807, 2.05) is 0 Å². The molecular weight excluding hydrogens is 372 g/mol. The first-order chi connectivity index (χ1) is 12.7. The van der Waals surface area contributed by atoms with Gasteiger partial charge in [-0.25, -0.2) is 0 Å². The van der Waals surface area contributed by atoms with Crippen molar-refractivity contribution < 1.29 is 14.8 Å². The largest absolute Gasteiger partial charge is 0.494 e. The Kier molecular flexibility index (Phi) is 6.11. The first kappa shape index (κ1) is 20.3. The average Bonchev–Trinajstić information content (AvgIpc) is 2.62. The van der Waals surface area contributed by atoms with Crippen molar-refractivity contribution in [2.75, 3.05) is 0 Å². The summed E-state index contributed by atoms with van der Waals surface area (Å²) in [6.07, 6.45) is 0. The number of rotatable bonds is 6. The molecule has 1 atom stereocenters. The zero-order valence-corrected chi connectivity index (χ0v) is 15.9. The number of nitrogens with zero attached hydrogens (tertiary/aromatic N) is 3. The van der Waals surface area contributed by atoms with Crippen molar-refractivity contribution in [2.24, 2.45) is 0 Å². The van der Waals surface area contributed by atoms with E-state index in [0.717, 1.165) is 0 Å². The molecule has 9 nitrogen and oxygen atoms in total. The van der Waals surface area contributed by atoms with Crippen LogP contribution in [0.3, 0.4) is 0 Å². The van der Waals surface area contributed by atoms with Gasteiger partial charge in [-0.1, -0.05) is 12.1 Å². The maximum absolute atomic E-state index is 12.7. The zero-order chi connectivity index (χ0) is 20.3. The molecule has 0 unspecified atom stereocenters. The molecule has 0 spiro atoms. The van der Waals surface area contributed by atoms with Crippen LogP contribution in [-0.2, 0) is 13.1 Å². The van der Waals surface area contributed by atoms with Crippen molar-refractivity contribution in [3.05, 3.63) is 60.6 Å². The van der Waals surface area contributed by atoms with Crippen LogP contribution in [0.15, 0.2) is 29.1 Å². The summed E-state index contributed by atoms with van der Waals surface area (Å²) in [5.74, 6) is -1.23. The molecule has 144 valence electrons. The summed E-state index contributed by atoms with van der Waals surface area (Å²) < 4.78 is 2.69. The van der Waals surface area contributed by atoms with Crippen LogP contribution in [-0.4, -0.2) is 25.1 Å². The second kappa shape index (κ2) is 8.12. The van der Waals surface area contributed by atoms with Gasteiger partial charge in [0.15, 0.2) is 10.3 Å². The molecule has 0 aliphatic carbocycles. The molecule has 0 radical (unpaired) electrons. The number of aromatic nitrogens is 2. The molecule has 1 aromatic carbocycles. The van der Waals surface area contributed by atoms with Crippen molar-refractivity contribution in [1.82, 2.24) is 14.5 Å². The standard InChI is InChI=1S/C17H20N4O5S/c1-4-19-15(23)13(16(24)20(5-2)17(19)27)14(22)18-10(3)11-6-8-12(9-7-11)21(25)26/h6-10,23H,4-5H2,1-3H3,(H,18,22)/t10-/m0/s1. The number of non-ortho nitro benzene ring substituents is 1. The maximum Gasteiger partial charge on any atom is 0.271 e. The Balaban J connectivity index is 2.39. The highest BCUT2D eigenvalue weighted by atomic mass is 32.1. The van der Waals surface area contributed by atoms with Crippen LogP contribution in [0.4, 0.5) is 5.69 Å². The fourth-order valence-corrected chi connectivity index (χ4v) is 3.12. The highest BCUT2D eigenvalue weighted by Gasteiger charge is 2.23. The number of nitrogens with one attached hydrogen (secondary N) is 1. The van der Waals surface area contributed by atoms with Gasteiger partial charge in [-0.2, -0.15) is 0 Å². The molecule has 0 aliphatic rings. The van der Waals surface area contributed by atoms with Gasteiger partial charge < -0.3 is 10.4 Å². The van der Waals surface area contributed by atoms with Crippen LogP contribution in [0.1, 0.15) is 42.7 Å². The van der Waals surface area contributed by atoms with Gasteiger partial charge in [-0.15, -0.1) is 0 Å². The minimum Gasteiger partial charge on any atom is -0.494 e. The molecule has 0 bridgehead atoms. The molecule has 2 rings (SSSR count). The summed E-state index contributed by atoms with van der Waals surface area (Å²) in [6.45, 7) is 5.68. The van der Waals surface area contributed by atoms with Gasteiger partial charge in [0, 0.05) is 25.2 Å². The molecule has 0 saturated carbocycles. The van der Waals surface area contributed by atoms with E-state index in [9.17, 15) is 24.8 Å². The molecule has 0 aliphatic heterocycles. The quantitative estimate of drug-likeness (QED) is 0.443. The Bertz CT molecular complexity index is 994. The van der Waals surface area contributed by atoms with E-state index < -0.39 is 28.3 Å². The molecule has 0 fully saturated rings. The number of aromatic hydroxyl groups is 1. The maximum atomic E-state index is 12.7. The van der Waals surface area contributed by atoms with Gasteiger partial charge >= 0.3 is 0 Å². The lowest BCUT2D eigenvalue weighted by Crippen LogP contribution is -2.36. The topological polar surface area (TPSA) is 119 Å². The second-order valence-corrected chi connectivity index (χ2v) is 6.18. The zero-order valence-electron chi connectivity index (χ0n) is 15.1. The minimum atomic E-state index is -0.747. The first-order valence-corrected chi connectivity index (χ1v) is 8.75. The van der Waals surface area contributed by atoms with Crippen LogP contribution in [0.2, 0.25) is 0 Å². The summed E-state index contributed by atoms with van der Waals surface area (Å²) in [6, 6.07) is 5.16. The predicted octanol–water partition coefficient (Wildman–Crippen LogP) is 2.52. The number of nitro benzene ring substituents is 1. The van der Waals surface area contributed by atoms with Gasteiger partial charge in [0.25, 0.3) is 17.2 Å². The molecular formula is C17H20N4O5S. The number of hydrogen-bond acceptors (Lipinski definition) is 6. The van der Waals surface area contributed by atoms with E-state index in [4.69, 9.17) is 12.2 Å². The van der Waals surface area contributed by atoms with Gasteiger partial charge in [0.05, 0.1) is 11.0 Å². The predicted molar refractivity (Wildman–Crippen MR) is 102 cm³/mol. The highest BCUT2D eigenvalue weighted by molar-refractivity contribution is 7.71. The summed E-state index contributed by atoms with van der Waals surface area (Å²) in [5.41, 5.74) is -0.502. The number of benzene rings is 1. The normalized spacial score (nSPS) is 11.8. The monoisotopic (exact) mass is 392 g/mol. The third-order valence-electron chi connectivity index (χ3n) is 4.21. The van der Waals surface area contributed by atoms with Crippen LogP contribution < -0.4 is 10.9 Å². The van der Waals surface area contributed by atoms with Crippen molar-refractivity contribution in [2.45, 2.75) is 39.9 Å². The molecule has 0 saturated heterocycles.